The van der Waals surface area contributed by atoms with Gasteiger partial charge in [-0.15, -0.1) is 11.3 Å². The maximum absolute atomic E-state index is 4.81. The van der Waals surface area contributed by atoms with Gasteiger partial charge in [0.1, 0.15) is 5.01 Å². The Morgan fingerprint density at radius 3 is 2.67 bits per heavy atom. The molecule has 2 heterocycles. The van der Waals surface area contributed by atoms with Gasteiger partial charge in [0.2, 0.25) is 0 Å². The zero-order valence-corrected chi connectivity index (χ0v) is 13.0. The Kier molecular flexibility index (Phi) is 4.13. The van der Waals surface area contributed by atoms with E-state index in [0.29, 0.717) is 0 Å². The van der Waals surface area contributed by atoms with Gasteiger partial charge < -0.3 is 5.32 Å². The zero-order chi connectivity index (χ0) is 14.7. The molecule has 3 aromatic rings. The van der Waals surface area contributed by atoms with Gasteiger partial charge in [0, 0.05) is 25.4 Å². The van der Waals surface area contributed by atoms with Gasteiger partial charge in [0.15, 0.2) is 0 Å². The normalized spacial score (nSPS) is 11.0. The lowest BCUT2D eigenvalue weighted by Gasteiger charge is -2.02. The topological polar surface area (TPSA) is 42.7 Å². The summed E-state index contributed by atoms with van der Waals surface area (Å²) in [6, 6.07) is 10.4. The predicted octanol–water partition coefficient (Wildman–Crippen LogP) is 3.32. The Morgan fingerprint density at radius 1 is 1.19 bits per heavy atom. The quantitative estimate of drug-likeness (QED) is 0.786. The molecule has 0 saturated heterocycles. The van der Waals surface area contributed by atoms with Crippen LogP contribution < -0.4 is 5.32 Å². The lowest BCUT2D eigenvalue weighted by atomic mass is 10.1. The SMILES string of the molecule is CCNCc1nc(-c2cnn(C)c2)sc1-c1ccccc1. The highest BCUT2D eigenvalue weighted by molar-refractivity contribution is 7.18. The molecule has 0 amide bonds. The number of nitrogens with one attached hydrogen (secondary N) is 1. The molecule has 3 rings (SSSR count). The summed E-state index contributed by atoms with van der Waals surface area (Å²) in [5.41, 5.74) is 3.40. The van der Waals surface area contributed by atoms with E-state index in [1.54, 1.807) is 11.3 Å². The molecule has 0 unspecified atom stereocenters. The molecule has 2 aromatic heterocycles. The molecule has 0 aliphatic rings. The van der Waals surface area contributed by atoms with Crippen LogP contribution in [0.4, 0.5) is 0 Å². The van der Waals surface area contributed by atoms with Crippen molar-refractivity contribution in [1.82, 2.24) is 20.1 Å². The van der Waals surface area contributed by atoms with E-state index in [1.807, 2.05) is 30.2 Å². The zero-order valence-electron chi connectivity index (χ0n) is 12.2. The van der Waals surface area contributed by atoms with Crippen molar-refractivity contribution < 1.29 is 0 Å². The van der Waals surface area contributed by atoms with Gasteiger partial charge in [-0.25, -0.2) is 4.98 Å². The van der Waals surface area contributed by atoms with Gasteiger partial charge in [-0.3, -0.25) is 4.68 Å². The molecular weight excluding hydrogens is 280 g/mol. The molecule has 0 bridgehead atoms. The first kappa shape index (κ1) is 14.0. The minimum absolute atomic E-state index is 0.789. The highest BCUT2D eigenvalue weighted by atomic mass is 32.1. The van der Waals surface area contributed by atoms with E-state index in [9.17, 15) is 0 Å². The fourth-order valence-electron chi connectivity index (χ4n) is 2.19. The molecule has 0 atom stereocenters. The standard InChI is InChI=1S/C16H18N4S/c1-3-17-10-14-15(12-7-5-4-6-8-12)21-16(19-14)13-9-18-20(2)11-13/h4-9,11,17H,3,10H2,1-2H3. The molecule has 0 fully saturated rings. The third-order valence-electron chi connectivity index (χ3n) is 3.23. The average molecular weight is 298 g/mol. The summed E-state index contributed by atoms with van der Waals surface area (Å²) in [6.07, 6.45) is 3.87. The van der Waals surface area contributed by atoms with Crippen molar-refractivity contribution in [2.24, 2.45) is 7.05 Å². The highest BCUT2D eigenvalue weighted by Gasteiger charge is 2.14. The van der Waals surface area contributed by atoms with Crippen molar-refractivity contribution in [2.45, 2.75) is 13.5 Å². The molecule has 4 nitrogen and oxygen atoms in total. The van der Waals surface area contributed by atoms with Crippen LogP contribution in [-0.2, 0) is 13.6 Å². The fourth-order valence-corrected chi connectivity index (χ4v) is 3.25. The van der Waals surface area contributed by atoms with Crippen LogP contribution >= 0.6 is 11.3 Å². The van der Waals surface area contributed by atoms with Crippen LogP contribution in [0.5, 0.6) is 0 Å². The van der Waals surface area contributed by atoms with E-state index in [2.05, 4.69) is 41.6 Å². The molecule has 5 heteroatoms. The summed E-state index contributed by atoms with van der Waals surface area (Å²) in [4.78, 5) is 6.04. The van der Waals surface area contributed by atoms with E-state index >= 15 is 0 Å². The first-order valence-electron chi connectivity index (χ1n) is 7.02. The number of aromatic nitrogens is 3. The first-order valence-corrected chi connectivity index (χ1v) is 7.84. The number of aryl methyl sites for hydroxylation is 1. The number of hydrogen-bond acceptors (Lipinski definition) is 4. The molecule has 0 aliphatic carbocycles. The third-order valence-corrected chi connectivity index (χ3v) is 4.42. The second-order valence-electron chi connectivity index (χ2n) is 4.84. The minimum atomic E-state index is 0.789. The number of benzene rings is 1. The van der Waals surface area contributed by atoms with Gasteiger partial charge in [0.05, 0.1) is 16.8 Å². The Bertz CT molecular complexity index is 715. The summed E-state index contributed by atoms with van der Waals surface area (Å²) in [6.45, 7) is 3.84. The van der Waals surface area contributed by atoms with E-state index in [1.165, 1.54) is 10.4 Å². The maximum Gasteiger partial charge on any atom is 0.127 e. The van der Waals surface area contributed by atoms with Crippen molar-refractivity contribution >= 4 is 11.3 Å². The van der Waals surface area contributed by atoms with Crippen molar-refractivity contribution in [3.05, 3.63) is 48.4 Å². The number of hydrogen-bond donors (Lipinski definition) is 1. The van der Waals surface area contributed by atoms with Crippen molar-refractivity contribution in [3.8, 4) is 21.0 Å². The predicted molar refractivity (Wildman–Crippen MR) is 87.1 cm³/mol. The summed E-state index contributed by atoms with van der Waals surface area (Å²) in [5, 5.41) is 8.63. The van der Waals surface area contributed by atoms with Crippen molar-refractivity contribution in [1.29, 1.82) is 0 Å². The Morgan fingerprint density at radius 2 is 2.00 bits per heavy atom. The summed E-state index contributed by atoms with van der Waals surface area (Å²) < 4.78 is 1.81. The van der Waals surface area contributed by atoms with Crippen LogP contribution in [0, 0.1) is 0 Å². The van der Waals surface area contributed by atoms with E-state index in [0.717, 1.165) is 29.4 Å². The second-order valence-corrected chi connectivity index (χ2v) is 5.84. The maximum atomic E-state index is 4.81. The van der Waals surface area contributed by atoms with Gasteiger partial charge in [-0.2, -0.15) is 5.10 Å². The van der Waals surface area contributed by atoms with Crippen LogP contribution in [0.3, 0.4) is 0 Å². The van der Waals surface area contributed by atoms with Crippen molar-refractivity contribution in [3.63, 3.8) is 0 Å². The molecule has 1 aromatic carbocycles. The first-order chi connectivity index (χ1) is 10.3. The van der Waals surface area contributed by atoms with Crippen LogP contribution in [-0.4, -0.2) is 21.3 Å². The molecule has 0 radical (unpaired) electrons. The summed E-state index contributed by atoms with van der Waals surface area (Å²) in [7, 11) is 1.93. The molecule has 21 heavy (non-hydrogen) atoms. The van der Waals surface area contributed by atoms with Gasteiger partial charge in [0.25, 0.3) is 0 Å². The smallest absolute Gasteiger partial charge is 0.127 e. The summed E-state index contributed by atoms with van der Waals surface area (Å²) >= 11 is 1.73. The van der Waals surface area contributed by atoms with Crippen molar-refractivity contribution in [2.75, 3.05) is 6.54 Å². The highest BCUT2D eigenvalue weighted by Crippen LogP contribution is 2.35. The van der Waals surface area contributed by atoms with Crippen LogP contribution in [0.1, 0.15) is 12.6 Å². The molecule has 0 aliphatic heterocycles. The van der Waals surface area contributed by atoms with E-state index in [4.69, 9.17) is 4.98 Å². The molecule has 1 N–H and O–H groups in total. The Balaban J connectivity index is 2.03. The Labute approximate surface area is 128 Å². The second kappa shape index (κ2) is 6.20. The lowest BCUT2D eigenvalue weighted by Crippen LogP contribution is -2.12. The van der Waals surface area contributed by atoms with Gasteiger partial charge in [-0.05, 0) is 12.1 Å². The van der Waals surface area contributed by atoms with Crippen LogP contribution in [0.15, 0.2) is 42.7 Å². The van der Waals surface area contributed by atoms with Gasteiger partial charge in [-0.1, -0.05) is 37.3 Å². The largest absolute Gasteiger partial charge is 0.311 e. The lowest BCUT2D eigenvalue weighted by molar-refractivity contribution is 0.716. The van der Waals surface area contributed by atoms with Gasteiger partial charge >= 0.3 is 0 Å². The molecule has 0 saturated carbocycles. The average Bonchev–Trinajstić information content (AvgIpc) is 3.12. The van der Waals surface area contributed by atoms with E-state index in [-0.39, 0.29) is 0 Å². The number of thiazole rings is 1. The monoisotopic (exact) mass is 298 g/mol. The molecule has 0 spiro atoms. The fraction of sp³-hybridized carbons (Fsp3) is 0.250. The Hall–Kier alpha value is -1.98. The third kappa shape index (κ3) is 3.04. The van der Waals surface area contributed by atoms with Crippen LogP contribution in [0.2, 0.25) is 0 Å². The van der Waals surface area contributed by atoms with E-state index < -0.39 is 0 Å². The minimum Gasteiger partial charge on any atom is -0.311 e. The number of rotatable bonds is 5. The molecule has 108 valence electrons. The summed E-state index contributed by atoms with van der Waals surface area (Å²) in [5.74, 6) is 0. The van der Waals surface area contributed by atoms with Crippen LogP contribution in [0.25, 0.3) is 21.0 Å². The molecular formula is C16H18N4S. The number of nitrogens with zero attached hydrogens (tertiary/aromatic N) is 3.